The number of hydrogen-bond acceptors (Lipinski definition) is 2. The normalized spacial score (nSPS) is 17.9. The average Bonchev–Trinajstić information content (AvgIpc) is 3.52. The number of carbonyl (C=O) groups is 1. The summed E-state index contributed by atoms with van der Waals surface area (Å²) in [5.74, 6) is 0.462. The van der Waals surface area contributed by atoms with E-state index < -0.39 is 0 Å². The molecule has 3 nitrogen and oxygen atoms in total. The second-order valence-electron chi connectivity index (χ2n) is 7.21. The van der Waals surface area contributed by atoms with Crippen molar-refractivity contribution >= 4 is 17.5 Å². The van der Waals surface area contributed by atoms with Crippen LogP contribution in [0.15, 0.2) is 78.9 Å². The number of rotatable bonds is 7. The van der Waals surface area contributed by atoms with Crippen LogP contribution >= 0.6 is 11.6 Å². The quantitative estimate of drug-likeness (QED) is 0.601. The summed E-state index contributed by atoms with van der Waals surface area (Å²) in [4.78, 5) is 12.3. The van der Waals surface area contributed by atoms with Crippen molar-refractivity contribution in [1.82, 2.24) is 10.6 Å². The van der Waals surface area contributed by atoms with E-state index in [0.29, 0.717) is 24.1 Å². The van der Waals surface area contributed by atoms with E-state index >= 15 is 0 Å². The first-order valence-corrected chi connectivity index (χ1v) is 9.97. The molecule has 4 rings (SSSR count). The number of benzene rings is 3. The van der Waals surface area contributed by atoms with Crippen LogP contribution in [-0.4, -0.2) is 11.9 Å². The van der Waals surface area contributed by atoms with E-state index in [0.717, 1.165) is 29.1 Å². The first kappa shape index (κ1) is 18.7. The molecule has 0 bridgehead atoms. The lowest BCUT2D eigenvalue weighted by atomic mass is 10.1. The molecular formula is C24H23ClN2O. The minimum absolute atomic E-state index is 0.0420. The van der Waals surface area contributed by atoms with Crippen LogP contribution in [0.4, 0.5) is 0 Å². The maximum Gasteiger partial charge on any atom is 0.251 e. The molecule has 2 N–H and O–H groups in total. The molecule has 1 fully saturated rings. The molecule has 0 radical (unpaired) electrons. The van der Waals surface area contributed by atoms with Gasteiger partial charge in [-0.25, -0.2) is 0 Å². The third-order valence-corrected chi connectivity index (χ3v) is 5.57. The Bertz CT molecular complexity index is 940. The molecule has 0 heterocycles. The Morgan fingerprint density at radius 3 is 2.36 bits per heavy atom. The van der Waals surface area contributed by atoms with E-state index in [1.807, 2.05) is 60.7 Å². The van der Waals surface area contributed by atoms with E-state index in [9.17, 15) is 4.79 Å². The Morgan fingerprint density at radius 1 is 0.893 bits per heavy atom. The molecule has 0 aromatic heterocycles. The Labute approximate surface area is 170 Å². The summed E-state index contributed by atoms with van der Waals surface area (Å²) in [5, 5.41) is 7.35. The molecule has 3 aromatic carbocycles. The molecule has 0 saturated heterocycles. The largest absolute Gasteiger partial charge is 0.348 e. The minimum Gasteiger partial charge on any atom is -0.348 e. The van der Waals surface area contributed by atoms with Gasteiger partial charge in [-0.3, -0.25) is 4.79 Å². The molecule has 4 heteroatoms. The van der Waals surface area contributed by atoms with Gasteiger partial charge in [0.15, 0.2) is 0 Å². The SMILES string of the molecule is O=C(NCc1ccccc1)c1ccc(C2CC2NCc2ccccc2Cl)cc1. The highest BCUT2D eigenvalue weighted by molar-refractivity contribution is 6.31. The molecule has 3 aromatic rings. The average molecular weight is 391 g/mol. The fourth-order valence-corrected chi connectivity index (χ4v) is 3.64. The van der Waals surface area contributed by atoms with Gasteiger partial charge in [-0.1, -0.05) is 72.3 Å². The van der Waals surface area contributed by atoms with E-state index in [2.05, 4.69) is 28.8 Å². The summed E-state index contributed by atoms with van der Waals surface area (Å²) in [7, 11) is 0. The van der Waals surface area contributed by atoms with E-state index in [1.165, 1.54) is 5.56 Å². The second-order valence-corrected chi connectivity index (χ2v) is 7.62. The molecule has 2 atom stereocenters. The standard InChI is InChI=1S/C24H23ClN2O/c25-22-9-5-4-8-20(22)16-26-23-14-21(23)18-10-12-19(13-11-18)24(28)27-15-17-6-2-1-3-7-17/h1-13,21,23,26H,14-16H2,(H,27,28). The number of nitrogens with one attached hydrogen (secondary N) is 2. The predicted molar refractivity (Wildman–Crippen MR) is 113 cm³/mol. The Morgan fingerprint density at radius 2 is 1.61 bits per heavy atom. The Hall–Kier alpha value is -2.62. The smallest absolute Gasteiger partial charge is 0.251 e. The van der Waals surface area contributed by atoms with Crippen LogP contribution in [0.2, 0.25) is 5.02 Å². The Kier molecular flexibility index (Phi) is 5.75. The molecule has 1 saturated carbocycles. The minimum atomic E-state index is -0.0420. The summed E-state index contributed by atoms with van der Waals surface area (Å²) in [6.07, 6.45) is 1.12. The first-order chi connectivity index (χ1) is 13.7. The van der Waals surface area contributed by atoms with Crippen LogP contribution in [0.25, 0.3) is 0 Å². The fourth-order valence-electron chi connectivity index (χ4n) is 3.43. The Balaban J connectivity index is 1.28. The van der Waals surface area contributed by atoms with Crippen molar-refractivity contribution in [1.29, 1.82) is 0 Å². The van der Waals surface area contributed by atoms with E-state index in [1.54, 1.807) is 0 Å². The number of amides is 1. The van der Waals surface area contributed by atoms with Gasteiger partial charge >= 0.3 is 0 Å². The van der Waals surface area contributed by atoms with Gasteiger partial charge in [-0.15, -0.1) is 0 Å². The van der Waals surface area contributed by atoms with Crippen molar-refractivity contribution in [2.75, 3.05) is 0 Å². The first-order valence-electron chi connectivity index (χ1n) is 9.59. The van der Waals surface area contributed by atoms with Gasteiger partial charge < -0.3 is 10.6 Å². The summed E-state index contributed by atoms with van der Waals surface area (Å²) in [5.41, 5.74) is 4.19. The molecular weight excluding hydrogens is 368 g/mol. The highest BCUT2D eigenvalue weighted by Crippen LogP contribution is 2.41. The number of halogens is 1. The monoisotopic (exact) mass is 390 g/mol. The second kappa shape index (κ2) is 8.59. The maximum absolute atomic E-state index is 12.3. The molecule has 1 amide bonds. The highest BCUT2D eigenvalue weighted by Gasteiger charge is 2.37. The number of hydrogen-bond donors (Lipinski definition) is 2. The zero-order valence-corrected chi connectivity index (χ0v) is 16.3. The van der Waals surface area contributed by atoms with Crippen molar-refractivity contribution in [2.45, 2.75) is 31.5 Å². The van der Waals surface area contributed by atoms with Gasteiger partial charge in [0.1, 0.15) is 0 Å². The van der Waals surface area contributed by atoms with Crippen LogP contribution in [-0.2, 0) is 13.1 Å². The van der Waals surface area contributed by atoms with Gasteiger partial charge in [0.05, 0.1) is 0 Å². The van der Waals surface area contributed by atoms with Crippen molar-refractivity contribution in [3.63, 3.8) is 0 Å². The third kappa shape index (κ3) is 4.61. The third-order valence-electron chi connectivity index (χ3n) is 5.20. The lowest BCUT2D eigenvalue weighted by molar-refractivity contribution is 0.0951. The van der Waals surface area contributed by atoms with Crippen molar-refractivity contribution in [3.8, 4) is 0 Å². The summed E-state index contributed by atoms with van der Waals surface area (Å²) in [6, 6.07) is 26.3. The van der Waals surface area contributed by atoms with E-state index in [4.69, 9.17) is 11.6 Å². The van der Waals surface area contributed by atoms with E-state index in [-0.39, 0.29) is 5.91 Å². The molecule has 0 spiro atoms. The molecule has 1 aliphatic carbocycles. The summed E-state index contributed by atoms with van der Waals surface area (Å²) < 4.78 is 0. The number of carbonyl (C=O) groups excluding carboxylic acids is 1. The lowest BCUT2D eigenvalue weighted by Gasteiger charge is -2.08. The van der Waals surface area contributed by atoms with Crippen LogP contribution in [0.3, 0.4) is 0 Å². The van der Waals surface area contributed by atoms with Crippen LogP contribution in [0.5, 0.6) is 0 Å². The molecule has 142 valence electrons. The van der Waals surface area contributed by atoms with Crippen LogP contribution in [0, 0.1) is 0 Å². The fraction of sp³-hybridized carbons (Fsp3) is 0.208. The zero-order chi connectivity index (χ0) is 19.3. The van der Waals surface area contributed by atoms with Gasteiger partial charge in [0.25, 0.3) is 5.91 Å². The molecule has 2 unspecified atom stereocenters. The van der Waals surface area contributed by atoms with Crippen molar-refractivity contribution in [3.05, 3.63) is 106 Å². The summed E-state index contributed by atoms with van der Waals surface area (Å²) >= 11 is 6.22. The van der Waals surface area contributed by atoms with Gasteiger partial charge in [0.2, 0.25) is 0 Å². The molecule has 28 heavy (non-hydrogen) atoms. The highest BCUT2D eigenvalue weighted by atomic mass is 35.5. The molecule has 0 aliphatic heterocycles. The van der Waals surface area contributed by atoms with Crippen molar-refractivity contribution in [2.24, 2.45) is 0 Å². The summed E-state index contributed by atoms with van der Waals surface area (Å²) in [6.45, 7) is 1.32. The van der Waals surface area contributed by atoms with Gasteiger partial charge in [-0.2, -0.15) is 0 Å². The van der Waals surface area contributed by atoms with Crippen LogP contribution < -0.4 is 10.6 Å². The van der Waals surface area contributed by atoms with Gasteiger partial charge in [0, 0.05) is 35.6 Å². The molecule has 1 aliphatic rings. The predicted octanol–water partition coefficient (Wildman–Crippen LogP) is 4.92. The lowest BCUT2D eigenvalue weighted by Crippen LogP contribution is -2.22. The topological polar surface area (TPSA) is 41.1 Å². The van der Waals surface area contributed by atoms with Gasteiger partial charge in [-0.05, 0) is 41.3 Å². The van der Waals surface area contributed by atoms with Crippen molar-refractivity contribution < 1.29 is 4.79 Å². The maximum atomic E-state index is 12.3. The van der Waals surface area contributed by atoms with Crippen LogP contribution in [0.1, 0.15) is 39.4 Å². The zero-order valence-electron chi connectivity index (χ0n) is 15.6.